The Bertz CT molecular complexity index is 1180. The summed E-state index contributed by atoms with van der Waals surface area (Å²) in [6.07, 6.45) is 4.95. The summed E-state index contributed by atoms with van der Waals surface area (Å²) in [6.45, 7) is 2.14. The Balaban J connectivity index is 1.41. The number of anilines is 2. The maximum absolute atomic E-state index is 10.7. The van der Waals surface area contributed by atoms with E-state index in [4.69, 9.17) is 15.2 Å². The van der Waals surface area contributed by atoms with Crippen LogP contribution in [0.1, 0.15) is 38.1 Å². The molecule has 3 N–H and O–H groups in total. The van der Waals surface area contributed by atoms with Crippen molar-refractivity contribution in [3.63, 3.8) is 0 Å². The Morgan fingerprint density at radius 3 is 2.52 bits per heavy atom. The lowest BCUT2D eigenvalue weighted by atomic mass is 10.1. The minimum absolute atomic E-state index is 0.201. The number of thiol groups is 1. The molecular weight excluding hydrogens is 438 g/mol. The molecule has 1 aliphatic heterocycles. The summed E-state index contributed by atoms with van der Waals surface area (Å²) < 4.78 is 35.5. The second kappa shape index (κ2) is 9.65. The number of hydrogen-bond donors (Lipinski definition) is 3. The Kier molecular flexibility index (Phi) is 6.46. The van der Waals surface area contributed by atoms with Gasteiger partial charge in [0.05, 0.1) is 30.1 Å². The van der Waals surface area contributed by atoms with Gasteiger partial charge in [0.2, 0.25) is 0 Å². The largest absolute Gasteiger partial charge is 0.490 e. The molecule has 5 rings (SSSR count). The Labute approximate surface area is 195 Å². The highest BCUT2D eigenvalue weighted by molar-refractivity contribution is 7.72. The van der Waals surface area contributed by atoms with Crippen molar-refractivity contribution >= 4 is 33.0 Å². The third-order valence-electron chi connectivity index (χ3n) is 6.40. The van der Waals surface area contributed by atoms with E-state index in [1.165, 1.54) is 0 Å². The average Bonchev–Trinajstić information content (AvgIpc) is 3.62. The van der Waals surface area contributed by atoms with E-state index in [0.29, 0.717) is 19.0 Å². The molecule has 0 atom stereocenters. The fourth-order valence-electron chi connectivity index (χ4n) is 4.57. The lowest BCUT2D eigenvalue weighted by molar-refractivity contribution is 0.0256. The first-order chi connectivity index (χ1) is 16.1. The summed E-state index contributed by atoms with van der Waals surface area (Å²) in [5.74, 6) is 1.10. The van der Waals surface area contributed by atoms with E-state index in [1.54, 1.807) is 0 Å². The molecule has 1 aromatic heterocycles. The first-order valence-corrected chi connectivity index (χ1v) is 13.1. The number of ether oxygens (including phenoxy) is 2. The van der Waals surface area contributed by atoms with E-state index in [9.17, 15) is 8.42 Å². The minimum Gasteiger partial charge on any atom is -0.490 e. The molecule has 0 bridgehead atoms. The first-order valence-electron chi connectivity index (χ1n) is 11.7. The van der Waals surface area contributed by atoms with Crippen LogP contribution < -0.4 is 15.8 Å². The zero-order valence-corrected chi connectivity index (χ0v) is 19.6. The second-order valence-corrected chi connectivity index (χ2v) is 10.00. The number of hydrogen-bond acceptors (Lipinski definition) is 6. The van der Waals surface area contributed by atoms with Crippen LogP contribution in [0.4, 0.5) is 11.4 Å². The number of aromatic nitrogens is 1. The fourth-order valence-corrected chi connectivity index (χ4v) is 4.99. The van der Waals surface area contributed by atoms with Crippen LogP contribution in [-0.4, -0.2) is 44.6 Å². The van der Waals surface area contributed by atoms with Crippen molar-refractivity contribution in [3.8, 4) is 17.0 Å². The molecule has 2 fully saturated rings. The van der Waals surface area contributed by atoms with Crippen LogP contribution in [0.15, 0.2) is 42.5 Å². The van der Waals surface area contributed by atoms with Crippen LogP contribution in [0.25, 0.3) is 22.2 Å². The predicted octanol–water partition coefficient (Wildman–Crippen LogP) is 4.20. The van der Waals surface area contributed by atoms with Crippen molar-refractivity contribution in [1.82, 2.24) is 4.57 Å². The number of nitrogens with two attached hydrogens (primary N) is 1. The highest BCUT2D eigenvalue weighted by Crippen LogP contribution is 2.47. The number of nitrogen functional groups attached to an aromatic ring is 1. The van der Waals surface area contributed by atoms with Gasteiger partial charge in [-0.05, 0) is 43.5 Å². The van der Waals surface area contributed by atoms with Gasteiger partial charge in [-0.1, -0.05) is 12.1 Å². The number of nitrogens with one attached hydrogen (secondary N) is 1. The standard InChI is InChI=1S/C25H31N3O4S/c26-24-22-9-8-21(32-20-10-13-31-14-11-20)16-23(22)28(19-6-7-19)25(24)17-2-4-18(5-3-17)27-12-1-15-33(29)30/h2-5,8-9,16,19-20,27,33H,1,6-7,10-15,26H2. The molecule has 3 aromatic rings. The topological polar surface area (TPSA) is 95.6 Å². The van der Waals surface area contributed by atoms with E-state index in [1.807, 2.05) is 18.2 Å². The molecule has 2 aromatic carbocycles. The van der Waals surface area contributed by atoms with Crippen LogP contribution in [0.2, 0.25) is 0 Å². The van der Waals surface area contributed by atoms with Crippen molar-refractivity contribution in [2.45, 2.75) is 44.2 Å². The molecule has 1 saturated carbocycles. The number of rotatable bonds is 9. The van der Waals surface area contributed by atoms with E-state index in [0.717, 1.165) is 78.2 Å². The molecule has 0 spiro atoms. The lowest BCUT2D eigenvalue weighted by Crippen LogP contribution is -2.25. The van der Waals surface area contributed by atoms with Crippen molar-refractivity contribution < 1.29 is 17.9 Å². The summed E-state index contributed by atoms with van der Waals surface area (Å²) in [6, 6.07) is 14.9. The second-order valence-electron chi connectivity index (χ2n) is 8.89. The van der Waals surface area contributed by atoms with Gasteiger partial charge in [0.25, 0.3) is 0 Å². The fraction of sp³-hybridized carbons (Fsp3) is 0.440. The molecule has 0 unspecified atom stereocenters. The molecule has 33 heavy (non-hydrogen) atoms. The maximum atomic E-state index is 10.7. The lowest BCUT2D eigenvalue weighted by Gasteiger charge is -2.23. The zero-order valence-electron chi connectivity index (χ0n) is 18.7. The smallest absolute Gasteiger partial charge is 0.140 e. The number of nitrogens with zero attached hydrogens (tertiary/aromatic N) is 1. The van der Waals surface area contributed by atoms with E-state index >= 15 is 0 Å². The average molecular weight is 470 g/mol. The van der Waals surface area contributed by atoms with Crippen molar-refractivity contribution in [2.24, 2.45) is 0 Å². The summed E-state index contributed by atoms with van der Waals surface area (Å²) in [7, 11) is -2.31. The normalized spacial score (nSPS) is 17.0. The zero-order chi connectivity index (χ0) is 22.8. The maximum Gasteiger partial charge on any atom is 0.140 e. The van der Waals surface area contributed by atoms with Gasteiger partial charge >= 0.3 is 0 Å². The first kappa shape index (κ1) is 22.1. The molecule has 2 aliphatic rings. The SMILES string of the molecule is Nc1c(-c2ccc(NCCC[SH](=O)=O)cc2)n(C2CC2)c2cc(OC3CCOCC3)ccc12. The molecule has 1 aliphatic carbocycles. The molecular formula is C25H31N3O4S. The molecule has 1 saturated heterocycles. The van der Waals surface area contributed by atoms with Crippen LogP contribution >= 0.6 is 0 Å². The molecule has 7 nitrogen and oxygen atoms in total. The van der Waals surface area contributed by atoms with Gasteiger partial charge in [-0.3, -0.25) is 0 Å². The summed E-state index contributed by atoms with van der Waals surface area (Å²) in [5.41, 5.74) is 11.7. The minimum atomic E-state index is -2.31. The van der Waals surface area contributed by atoms with Gasteiger partial charge in [0, 0.05) is 53.9 Å². The molecule has 2 heterocycles. The Morgan fingerprint density at radius 2 is 1.82 bits per heavy atom. The highest BCUT2D eigenvalue weighted by Gasteiger charge is 2.30. The Morgan fingerprint density at radius 1 is 1.06 bits per heavy atom. The van der Waals surface area contributed by atoms with Crippen LogP contribution in [0.3, 0.4) is 0 Å². The van der Waals surface area contributed by atoms with Gasteiger partial charge in [0.1, 0.15) is 22.6 Å². The van der Waals surface area contributed by atoms with Gasteiger partial charge in [0.15, 0.2) is 0 Å². The van der Waals surface area contributed by atoms with E-state index < -0.39 is 10.7 Å². The van der Waals surface area contributed by atoms with Gasteiger partial charge < -0.3 is 25.1 Å². The third kappa shape index (κ3) is 4.96. The van der Waals surface area contributed by atoms with Crippen molar-refractivity contribution in [2.75, 3.05) is 36.6 Å². The van der Waals surface area contributed by atoms with Crippen molar-refractivity contribution in [1.29, 1.82) is 0 Å². The highest BCUT2D eigenvalue weighted by atomic mass is 32.2. The van der Waals surface area contributed by atoms with Gasteiger partial charge in [-0.15, -0.1) is 0 Å². The third-order valence-corrected chi connectivity index (χ3v) is 7.08. The predicted molar refractivity (Wildman–Crippen MR) is 133 cm³/mol. The molecule has 176 valence electrons. The van der Waals surface area contributed by atoms with E-state index in [2.05, 4.69) is 34.1 Å². The van der Waals surface area contributed by atoms with Gasteiger partial charge in [-0.2, -0.15) is 0 Å². The number of fused-ring (bicyclic) bond motifs is 1. The van der Waals surface area contributed by atoms with Crippen LogP contribution in [0.5, 0.6) is 5.75 Å². The number of benzene rings is 2. The van der Waals surface area contributed by atoms with Crippen LogP contribution in [0, 0.1) is 0 Å². The molecule has 8 heteroatoms. The molecule has 0 radical (unpaired) electrons. The van der Waals surface area contributed by atoms with Gasteiger partial charge in [-0.25, -0.2) is 8.42 Å². The summed E-state index contributed by atoms with van der Waals surface area (Å²) >= 11 is 0. The quantitative estimate of drug-likeness (QED) is 0.321. The summed E-state index contributed by atoms with van der Waals surface area (Å²) in [4.78, 5) is 0. The van der Waals surface area contributed by atoms with Crippen LogP contribution in [-0.2, 0) is 15.4 Å². The summed E-state index contributed by atoms with van der Waals surface area (Å²) in [5, 5.41) is 4.35. The van der Waals surface area contributed by atoms with E-state index in [-0.39, 0.29) is 11.9 Å². The van der Waals surface area contributed by atoms with Crippen molar-refractivity contribution in [3.05, 3.63) is 42.5 Å². The molecule has 0 amide bonds. The Hall–Kier alpha value is -2.71. The monoisotopic (exact) mass is 469 g/mol.